The van der Waals surface area contributed by atoms with Gasteiger partial charge in [-0.05, 0) is 49.1 Å². The summed E-state index contributed by atoms with van der Waals surface area (Å²) in [6, 6.07) is 12.0. The second kappa shape index (κ2) is 7.22. The van der Waals surface area contributed by atoms with Gasteiger partial charge >= 0.3 is 5.82 Å². The molecule has 26 heavy (non-hydrogen) atoms. The van der Waals surface area contributed by atoms with Crippen molar-refractivity contribution in [1.29, 1.82) is 0 Å². The van der Waals surface area contributed by atoms with Gasteiger partial charge in [-0.15, -0.1) is 0 Å². The monoisotopic (exact) mass is 353 g/mol. The Bertz CT molecular complexity index is 945. The lowest BCUT2D eigenvalue weighted by molar-refractivity contribution is -0.389. The number of nitrogens with one attached hydrogen (secondary N) is 1. The zero-order valence-corrected chi connectivity index (χ0v) is 14.5. The standard InChI is InChI=1S/C18H19N5O3/c1-3-21(4-2)18(24)13-8-10-14(11-9-13)19-16-17(23(25)26)22-12-6-5-7-15(22)20-16/h5-12,19H,3-4H2,1-2H3. The summed E-state index contributed by atoms with van der Waals surface area (Å²) in [4.78, 5) is 29.3. The first-order valence-corrected chi connectivity index (χ1v) is 8.33. The number of nitro groups is 1. The minimum atomic E-state index is -0.472. The Morgan fingerprint density at radius 2 is 1.88 bits per heavy atom. The van der Waals surface area contributed by atoms with E-state index in [0.29, 0.717) is 30.0 Å². The second-order valence-corrected chi connectivity index (χ2v) is 5.65. The van der Waals surface area contributed by atoms with Gasteiger partial charge in [0, 0.05) is 30.4 Å². The van der Waals surface area contributed by atoms with Gasteiger partial charge < -0.3 is 20.3 Å². The number of benzene rings is 1. The van der Waals surface area contributed by atoms with E-state index in [-0.39, 0.29) is 17.5 Å². The number of rotatable bonds is 6. The Kier molecular flexibility index (Phi) is 4.83. The maximum atomic E-state index is 12.3. The van der Waals surface area contributed by atoms with E-state index in [1.807, 2.05) is 13.8 Å². The molecule has 0 unspecified atom stereocenters. The minimum absolute atomic E-state index is 0.0414. The average Bonchev–Trinajstić information content (AvgIpc) is 3.01. The molecule has 0 atom stereocenters. The van der Waals surface area contributed by atoms with Crippen LogP contribution in [-0.2, 0) is 0 Å². The van der Waals surface area contributed by atoms with Gasteiger partial charge in [0.25, 0.3) is 5.91 Å². The molecule has 0 saturated carbocycles. The van der Waals surface area contributed by atoms with E-state index in [2.05, 4.69) is 10.3 Å². The third kappa shape index (κ3) is 3.21. The molecule has 8 nitrogen and oxygen atoms in total. The zero-order chi connectivity index (χ0) is 18.7. The van der Waals surface area contributed by atoms with Crippen LogP contribution in [0.1, 0.15) is 24.2 Å². The lowest BCUT2D eigenvalue weighted by Crippen LogP contribution is -2.30. The number of hydrogen-bond donors (Lipinski definition) is 1. The summed E-state index contributed by atoms with van der Waals surface area (Å²) in [5.41, 5.74) is 1.67. The maximum Gasteiger partial charge on any atom is 0.372 e. The fourth-order valence-corrected chi connectivity index (χ4v) is 2.77. The second-order valence-electron chi connectivity index (χ2n) is 5.65. The molecule has 3 aromatic rings. The molecule has 0 radical (unpaired) electrons. The first-order chi connectivity index (χ1) is 12.5. The first-order valence-electron chi connectivity index (χ1n) is 8.33. The summed E-state index contributed by atoms with van der Waals surface area (Å²) in [7, 11) is 0. The van der Waals surface area contributed by atoms with Crippen molar-refractivity contribution in [3.05, 3.63) is 64.3 Å². The van der Waals surface area contributed by atoms with Gasteiger partial charge in [0.15, 0.2) is 0 Å². The number of amides is 1. The van der Waals surface area contributed by atoms with Crippen LogP contribution in [0.5, 0.6) is 0 Å². The summed E-state index contributed by atoms with van der Waals surface area (Å²) in [6.45, 7) is 5.14. The highest BCUT2D eigenvalue weighted by molar-refractivity contribution is 5.94. The van der Waals surface area contributed by atoms with Crippen LogP contribution in [0.2, 0.25) is 0 Å². The van der Waals surface area contributed by atoms with Crippen LogP contribution in [0.4, 0.5) is 17.3 Å². The third-order valence-corrected chi connectivity index (χ3v) is 4.12. The van der Waals surface area contributed by atoms with Crippen LogP contribution in [0.25, 0.3) is 5.65 Å². The number of nitrogens with zero attached hydrogens (tertiary/aromatic N) is 4. The highest BCUT2D eigenvalue weighted by Gasteiger charge is 2.22. The molecule has 0 saturated heterocycles. The van der Waals surface area contributed by atoms with E-state index in [0.717, 1.165) is 0 Å². The van der Waals surface area contributed by atoms with Crippen molar-refractivity contribution in [3.8, 4) is 0 Å². The first kappa shape index (κ1) is 17.4. The smallest absolute Gasteiger partial charge is 0.358 e. The van der Waals surface area contributed by atoms with E-state index in [9.17, 15) is 14.9 Å². The molecule has 1 amide bonds. The van der Waals surface area contributed by atoms with Crippen LogP contribution in [0.3, 0.4) is 0 Å². The van der Waals surface area contributed by atoms with Crippen molar-refractivity contribution in [1.82, 2.24) is 14.3 Å². The van der Waals surface area contributed by atoms with Gasteiger partial charge in [0.2, 0.25) is 11.5 Å². The minimum Gasteiger partial charge on any atom is -0.358 e. The number of imidazole rings is 1. The fourth-order valence-electron chi connectivity index (χ4n) is 2.77. The van der Waals surface area contributed by atoms with Crippen molar-refractivity contribution in [2.24, 2.45) is 0 Å². The molecule has 1 aromatic carbocycles. The third-order valence-electron chi connectivity index (χ3n) is 4.12. The molecule has 0 aliphatic rings. The molecule has 2 heterocycles. The van der Waals surface area contributed by atoms with Crippen LogP contribution < -0.4 is 5.32 Å². The highest BCUT2D eigenvalue weighted by Crippen LogP contribution is 2.28. The molecule has 1 N–H and O–H groups in total. The average molecular weight is 353 g/mol. The topological polar surface area (TPSA) is 92.8 Å². The molecule has 0 aliphatic carbocycles. The highest BCUT2D eigenvalue weighted by atomic mass is 16.6. The molecular weight excluding hydrogens is 334 g/mol. The number of carbonyl (C=O) groups excluding carboxylic acids is 1. The van der Waals surface area contributed by atoms with Crippen LogP contribution in [0, 0.1) is 10.1 Å². The van der Waals surface area contributed by atoms with Crippen LogP contribution >= 0.6 is 0 Å². The van der Waals surface area contributed by atoms with E-state index in [1.54, 1.807) is 53.6 Å². The molecule has 134 valence electrons. The molecule has 3 rings (SSSR count). The SMILES string of the molecule is CCN(CC)C(=O)c1ccc(Nc2nc3ccccn3c2[N+](=O)[O-])cc1. The summed E-state index contributed by atoms with van der Waals surface area (Å²) in [5, 5.41) is 14.4. The predicted molar refractivity (Wildman–Crippen MR) is 98.8 cm³/mol. The Morgan fingerprint density at radius 1 is 1.19 bits per heavy atom. The van der Waals surface area contributed by atoms with E-state index in [1.165, 1.54) is 4.40 Å². The fraction of sp³-hybridized carbons (Fsp3) is 0.222. The molecule has 2 aromatic heterocycles. The Hall–Kier alpha value is -3.42. The van der Waals surface area contributed by atoms with Gasteiger partial charge in [-0.2, -0.15) is 9.38 Å². The van der Waals surface area contributed by atoms with E-state index >= 15 is 0 Å². The number of hydrogen-bond acceptors (Lipinski definition) is 5. The molecule has 0 fully saturated rings. The summed E-state index contributed by atoms with van der Waals surface area (Å²) >= 11 is 0. The maximum absolute atomic E-state index is 12.3. The van der Waals surface area contributed by atoms with Crippen LogP contribution in [-0.4, -0.2) is 38.2 Å². The van der Waals surface area contributed by atoms with E-state index in [4.69, 9.17) is 0 Å². The number of pyridine rings is 1. The van der Waals surface area contributed by atoms with Crippen molar-refractivity contribution in [2.75, 3.05) is 18.4 Å². The molecule has 0 bridgehead atoms. The van der Waals surface area contributed by atoms with Crippen LogP contribution in [0.15, 0.2) is 48.7 Å². The zero-order valence-electron chi connectivity index (χ0n) is 14.5. The summed E-state index contributed by atoms with van der Waals surface area (Å²) < 4.78 is 1.42. The van der Waals surface area contributed by atoms with E-state index < -0.39 is 4.92 Å². The van der Waals surface area contributed by atoms with Gasteiger partial charge in [0.05, 0.1) is 6.20 Å². The lowest BCUT2D eigenvalue weighted by atomic mass is 10.2. The Labute approximate surface area is 150 Å². The van der Waals surface area contributed by atoms with Crippen molar-refractivity contribution >= 4 is 28.9 Å². The number of anilines is 2. The molecule has 8 heteroatoms. The molecule has 0 spiro atoms. The summed E-state index contributed by atoms with van der Waals surface area (Å²) in [5.74, 6) is -0.0202. The Balaban J connectivity index is 1.88. The predicted octanol–water partition coefficient (Wildman–Crippen LogP) is 3.47. The largest absolute Gasteiger partial charge is 0.372 e. The number of aromatic nitrogens is 2. The van der Waals surface area contributed by atoms with Gasteiger partial charge in [-0.3, -0.25) is 4.79 Å². The molecular formula is C18H19N5O3. The van der Waals surface area contributed by atoms with Gasteiger partial charge in [-0.1, -0.05) is 6.07 Å². The summed E-state index contributed by atoms with van der Waals surface area (Å²) in [6.07, 6.45) is 1.59. The van der Waals surface area contributed by atoms with Crippen molar-refractivity contribution in [2.45, 2.75) is 13.8 Å². The number of carbonyl (C=O) groups is 1. The molecule has 0 aliphatic heterocycles. The lowest BCUT2D eigenvalue weighted by Gasteiger charge is -2.18. The quantitative estimate of drug-likeness (QED) is 0.541. The normalized spacial score (nSPS) is 10.7. The Morgan fingerprint density at radius 3 is 2.50 bits per heavy atom. The van der Waals surface area contributed by atoms with Gasteiger partial charge in [-0.25, -0.2) is 0 Å². The number of fused-ring (bicyclic) bond motifs is 1. The van der Waals surface area contributed by atoms with Gasteiger partial charge in [0.1, 0.15) is 0 Å². The van der Waals surface area contributed by atoms with Crippen molar-refractivity contribution in [3.63, 3.8) is 0 Å². The van der Waals surface area contributed by atoms with Crippen molar-refractivity contribution < 1.29 is 9.72 Å².